The Balaban J connectivity index is 1.81. The number of halogens is 3. The molecule has 3 rings (SSSR count). The molecule has 0 aliphatic heterocycles. The van der Waals surface area contributed by atoms with E-state index in [0.29, 0.717) is 36.5 Å². The Labute approximate surface area is 119 Å². The zero-order valence-corrected chi connectivity index (χ0v) is 11.2. The number of aliphatic hydroxyl groups excluding tert-OH is 1. The Morgan fingerprint density at radius 3 is 2.90 bits per heavy atom. The van der Waals surface area contributed by atoms with Gasteiger partial charge in [0.05, 0.1) is 17.4 Å². The Bertz CT molecular complexity index is 649. The van der Waals surface area contributed by atoms with Crippen LogP contribution in [0.5, 0.6) is 0 Å². The quantitative estimate of drug-likeness (QED) is 0.926. The lowest BCUT2D eigenvalue weighted by atomic mass is 9.99. The third-order valence-electron chi connectivity index (χ3n) is 3.57. The molecule has 112 valence electrons. The first-order valence-electron chi connectivity index (χ1n) is 6.73. The second-order valence-corrected chi connectivity index (χ2v) is 5.25. The van der Waals surface area contributed by atoms with Crippen LogP contribution in [0, 0.1) is 0 Å². The van der Waals surface area contributed by atoms with Crippen LogP contribution in [0.2, 0.25) is 0 Å². The third-order valence-corrected chi connectivity index (χ3v) is 3.57. The molecule has 6 heteroatoms. The number of hydrogen-bond donors (Lipinski definition) is 1. The van der Waals surface area contributed by atoms with Gasteiger partial charge in [-0.15, -0.1) is 0 Å². The number of hydrogen-bond acceptors (Lipinski definition) is 3. The van der Waals surface area contributed by atoms with Crippen molar-refractivity contribution in [2.75, 3.05) is 0 Å². The molecule has 0 fully saturated rings. The second kappa shape index (κ2) is 5.18. The summed E-state index contributed by atoms with van der Waals surface area (Å²) in [4.78, 5) is 4.31. The van der Waals surface area contributed by atoms with Crippen LogP contribution in [0.15, 0.2) is 28.7 Å². The monoisotopic (exact) mass is 297 g/mol. The minimum atomic E-state index is -4.35. The van der Waals surface area contributed by atoms with Gasteiger partial charge in [-0.05, 0) is 24.5 Å². The summed E-state index contributed by atoms with van der Waals surface area (Å²) < 4.78 is 43.6. The molecule has 0 spiro atoms. The van der Waals surface area contributed by atoms with E-state index in [-0.39, 0.29) is 6.42 Å². The summed E-state index contributed by atoms with van der Waals surface area (Å²) in [5.41, 5.74) is 0.637. The van der Waals surface area contributed by atoms with Crippen LogP contribution in [-0.2, 0) is 25.4 Å². The molecule has 0 bridgehead atoms. The van der Waals surface area contributed by atoms with Gasteiger partial charge in [-0.25, -0.2) is 4.98 Å². The zero-order valence-electron chi connectivity index (χ0n) is 11.2. The Morgan fingerprint density at radius 1 is 1.33 bits per heavy atom. The molecule has 1 aliphatic rings. The molecule has 2 aromatic rings. The molecular weight excluding hydrogens is 283 g/mol. The van der Waals surface area contributed by atoms with Crippen LogP contribution in [0.25, 0.3) is 0 Å². The number of rotatable bonds is 2. The molecule has 0 saturated carbocycles. The van der Waals surface area contributed by atoms with Crippen molar-refractivity contribution in [2.45, 2.75) is 38.0 Å². The number of alkyl halides is 3. The minimum absolute atomic E-state index is 0.215. The standard InChI is InChI=1S/C15H14F3NO2/c16-15(17,18)10-3-1-2-9(6-10)7-14-19-12-5-4-11(20)8-13(12)21-14/h1-3,6,11,20H,4-5,7-8H2. The molecular formula is C15H14F3NO2. The molecule has 1 aliphatic carbocycles. The third kappa shape index (κ3) is 3.10. The first kappa shape index (κ1) is 14.1. The van der Waals surface area contributed by atoms with E-state index in [1.165, 1.54) is 6.07 Å². The van der Waals surface area contributed by atoms with Crippen LogP contribution in [0.3, 0.4) is 0 Å². The number of nitrogens with zero attached hydrogens (tertiary/aromatic N) is 1. The number of benzene rings is 1. The van der Waals surface area contributed by atoms with E-state index in [9.17, 15) is 18.3 Å². The molecule has 1 N–H and O–H groups in total. The number of aryl methyl sites for hydroxylation is 1. The normalized spacial score (nSPS) is 18.6. The molecule has 21 heavy (non-hydrogen) atoms. The summed E-state index contributed by atoms with van der Waals surface area (Å²) in [6, 6.07) is 5.15. The van der Waals surface area contributed by atoms with Gasteiger partial charge in [-0.1, -0.05) is 18.2 Å². The molecule has 0 amide bonds. The van der Waals surface area contributed by atoms with Crippen molar-refractivity contribution in [3.8, 4) is 0 Å². The Kier molecular flexibility index (Phi) is 3.49. The van der Waals surface area contributed by atoms with E-state index in [1.54, 1.807) is 6.07 Å². The topological polar surface area (TPSA) is 46.3 Å². The van der Waals surface area contributed by atoms with Crippen molar-refractivity contribution >= 4 is 0 Å². The summed E-state index contributed by atoms with van der Waals surface area (Å²) in [6.07, 6.45) is -2.86. The van der Waals surface area contributed by atoms with Crippen molar-refractivity contribution < 1.29 is 22.7 Å². The predicted octanol–water partition coefficient (Wildman–Crippen LogP) is 3.13. The van der Waals surface area contributed by atoms with E-state index in [1.807, 2.05) is 0 Å². The Hall–Kier alpha value is -1.82. The number of fused-ring (bicyclic) bond motifs is 1. The maximum Gasteiger partial charge on any atom is 0.416 e. The highest BCUT2D eigenvalue weighted by molar-refractivity contribution is 5.28. The highest BCUT2D eigenvalue weighted by atomic mass is 19.4. The van der Waals surface area contributed by atoms with Gasteiger partial charge in [0.2, 0.25) is 0 Å². The first-order chi connectivity index (χ1) is 9.91. The molecule has 1 aromatic carbocycles. The van der Waals surface area contributed by atoms with Crippen LogP contribution in [-0.4, -0.2) is 16.2 Å². The molecule has 0 radical (unpaired) electrons. The summed E-state index contributed by atoms with van der Waals surface area (Å²) in [7, 11) is 0. The van der Waals surface area contributed by atoms with Crippen LogP contribution in [0.4, 0.5) is 13.2 Å². The van der Waals surface area contributed by atoms with Gasteiger partial charge >= 0.3 is 6.18 Å². The fraction of sp³-hybridized carbons (Fsp3) is 0.400. The molecule has 0 saturated heterocycles. The van der Waals surface area contributed by atoms with E-state index in [0.717, 1.165) is 17.8 Å². The maximum atomic E-state index is 12.7. The van der Waals surface area contributed by atoms with E-state index < -0.39 is 17.8 Å². The number of aromatic nitrogens is 1. The van der Waals surface area contributed by atoms with Gasteiger partial charge in [0.15, 0.2) is 5.89 Å². The molecule has 1 atom stereocenters. The zero-order chi connectivity index (χ0) is 15.0. The van der Waals surface area contributed by atoms with Crippen LogP contribution < -0.4 is 0 Å². The van der Waals surface area contributed by atoms with Crippen molar-refractivity contribution in [3.05, 3.63) is 52.7 Å². The minimum Gasteiger partial charge on any atom is -0.445 e. The lowest BCUT2D eigenvalue weighted by Crippen LogP contribution is -2.17. The second-order valence-electron chi connectivity index (χ2n) is 5.25. The molecule has 3 nitrogen and oxygen atoms in total. The van der Waals surface area contributed by atoms with Crippen molar-refractivity contribution in [1.82, 2.24) is 4.98 Å². The van der Waals surface area contributed by atoms with Gasteiger partial charge in [-0.2, -0.15) is 13.2 Å². The fourth-order valence-corrected chi connectivity index (χ4v) is 2.52. The van der Waals surface area contributed by atoms with Gasteiger partial charge in [-0.3, -0.25) is 0 Å². The first-order valence-corrected chi connectivity index (χ1v) is 6.73. The lowest BCUT2D eigenvalue weighted by molar-refractivity contribution is -0.137. The van der Waals surface area contributed by atoms with E-state index in [2.05, 4.69) is 4.98 Å². The maximum absolute atomic E-state index is 12.7. The Morgan fingerprint density at radius 2 is 2.14 bits per heavy atom. The average Bonchev–Trinajstić information content (AvgIpc) is 2.79. The molecule has 1 heterocycles. The lowest BCUT2D eigenvalue weighted by Gasteiger charge is -2.13. The smallest absolute Gasteiger partial charge is 0.416 e. The van der Waals surface area contributed by atoms with Crippen LogP contribution in [0.1, 0.15) is 34.9 Å². The average molecular weight is 297 g/mol. The van der Waals surface area contributed by atoms with Gasteiger partial charge in [0.1, 0.15) is 5.76 Å². The summed E-state index contributed by atoms with van der Waals surface area (Å²) in [5, 5.41) is 9.57. The van der Waals surface area contributed by atoms with Crippen molar-refractivity contribution in [3.63, 3.8) is 0 Å². The highest BCUT2D eigenvalue weighted by Crippen LogP contribution is 2.30. The van der Waals surface area contributed by atoms with Crippen molar-refractivity contribution in [2.24, 2.45) is 0 Å². The summed E-state index contributed by atoms with van der Waals surface area (Å²) >= 11 is 0. The SMILES string of the molecule is OC1CCc2nc(Cc3cccc(C(F)(F)F)c3)oc2C1. The van der Waals surface area contributed by atoms with Gasteiger partial charge in [0.25, 0.3) is 0 Å². The fourth-order valence-electron chi connectivity index (χ4n) is 2.52. The van der Waals surface area contributed by atoms with Crippen molar-refractivity contribution in [1.29, 1.82) is 0 Å². The van der Waals surface area contributed by atoms with E-state index >= 15 is 0 Å². The van der Waals surface area contributed by atoms with E-state index in [4.69, 9.17) is 4.42 Å². The molecule has 1 unspecified atom stereocenters. The molecule has 1 aromatic heterocycles. The summed E-state index contributed by atoms with van der Waals surface area (Å²) in [6.45, 7) is 0. The predicted molar refractivity (Wildman–Crippen MR) is 68.8 cm³/mol. The summed E-state index contributed by atoms with van der Waals surface area (Å²) in [5.74, 6) is 1.05. The van der Waals surface area contributed by atoms with Gasteiger partial charge < -0.3 is 9.52 Å². The number of aliphatic hydroxyl groups is 1. The van der Waals surface area contributed by atoms with Crippen LogP contribution >= 0.6 is 0 Å². The number of oxazole rings is 1. The largest absolute Gasteiger partial charge is 0.445 e. The van der Waals surface area contributed by atoms with Gasteiger partial charge in [0, 0.05) is 12.8 Å². The highest BCUT2D eigenvalue weighted by Gasteiger charge is 2.30.